The van der Waals surface area contributed by atoms with Crippen molar-refractivity contribution in [3.63, 3.8) is 0 Å². The summed E-state index contributed by atoms with van der Waals surface area (Å²) in [7, 11) is 0. The van der Waals surface area contributed by atoms with Gasteiger partial charge in [-0.1, -0.05) is 0 Å². The van der Waals surface area contributed by atoms with Gasteiger partial charge in [0.2, 0.25) is 0 Å². The molecule has 0 saturated heterocycles. The Morgan fingerprint density at radius 3 is 0.667 bits per heavy atom. The van der Waals surface area contributed by atoms with Crippen LogP contribution in [0.15, 0.2) is 0 Å². The van der Waals surface area contributed by atoms with Crippen LogP contribution >= 0.6 is 49.6 Å². The van der Waals surface area contributed by atoms with E-state index in [4.69, 9.17) is 0 Å². The predicted octanol–water partition coefficient (Wildman–Crippen LogP) is 1.53. The van der Waals surface area contributed by atoms with Gasteiger partial charge in [0.1, 0.15) is 0 Å². The maximum atomic E-state index is 0. The maximum Gasteiger partial charge on any atom is 2.00 e. The van der Waals surface area contributed by atoms with Crippen LogP contribution in [0, 0.1) is 49.4 Å². The van der Waals surface area contributed by atoms with Gasteiger partial charge in [0, 0.05) is 49.4 Å². The van der Waals surface area contributed by atoms with Crippen molar-refractivity contribution in [3.8, 4) is 0 Å². The van der Waals surface area contributed by atoms with Crippen LogP contribution in [0.2, 0.25) is 0 Å². The molecule has 0 aromatic heterocycles. The Balaban J connectivity index is 0. The third kappa shape index (κ3) is 24.5. The first-order valence-corrected chi connectivity index (χ1v) is 0. The number of hydrogen-bond donors (Lipinski definition) is 0. The summed E-state index contributed by atoms with van der Waals surface area (Å²) >= 11 is 0. The Kier molecular flexibility index (Phi) is 303. The molecule has 0 aromatic rings. The van der Waals surface area contributed by atoms with Crippen molar-refractivity contribution in [2.24, 2.45) is 0 Å². The molecule has 0 aliphatic carbocycles. The third-order valence-corrected chi connectivity index (χ3v) is 0. The van der Waals surface area contributed by atoms with Crippen LogP contribution in [0.25, 0.3) is 0 Å². The molecule has 6 heavy (non-hydrogen) atoms. The minimum Gasteiger partial charge on any atom is -1.00 e. The van der Waals surface area contributed by atoms with Crippen molar-refractivity contribution in [1.29, 1.82) is 0 Å². The molecule has 0 rings (SSSR count). The van der Waals surface area contributed by atoms with Crippen molar-refractivity contribution in [1.82, 2.24) is 0 Å². The first-order chi connectivity index (χ1) is 0. The SMILES string of the molecule is Cl.Cl.Cl.Cl.[Ca+2].[Eu].[H-].[H-]. The molecule has 0 N–H and O–H groups in total. The smallest absolute Gasteiger partial charge is 1.00 e. The molecule has 0 aliphatic heterocycles. The molecule has 0 aromatic carbocycles. The van der Waals surface area contributed by atoms with Gasteiger partial charge in [-0.05, 0) is 0 Å². The summed E-state index contributed by atoms with van der Waals surface area (Å²) in [6.07, 6.45) is 0. The van der Waals surface area contributed by atoms with Crippen LogP contribution in [0.3, 0.4) is 0 Å². The molecule has 0 spiro atoms. The normalized spacial score (nSPS) is 0. The molecule has 43 valence electrons. The summed E-state index contributed by atoms with van der Waals surface area (Å²) in [5.74, 6) is 0. The Morgan fingerprint density at radius 2 is 0.667 bits per heavy atom. The van der Waals surface area contributed by atoms with E-state index in [0.717, 1.165) is 0 Å². The fourth-order valence-electron chi connectivity index (χ4n) is 0. The van der Waals surface area contributed by atoms with Crippen molar-refractivity contribution in [2.75, 3.05) is 0 Å². The van der Waals surface area contributed by atoms with Gasteiger partial charge in [-0.3, -0.25) is 0 Å². The monoisotopic (exact) mass is 339 g/mol. The Bertz CT molecular complexity index is 14.0. The minimum absolute atomic E-state index is 0. The molecular formula is H6CaCl4Eu. The Hall–Kier alpha value is 4.00. The summed E-state index contributed by atoms with van der Waals surface area (Å²) in [6, 6.07) is 0. The number of hydrogen-bond acceptors (Lipinski definition) is 0. The molecule has 0 fully saturated rings. The van der Waals surface area contributed by atoms with Crippen molar-refractivity contribution in [3.05, 3.63) is 0 Å². The molecule has 1 radical (unpaired) electrons. The van der Waals surface area contributed by atoms with E-state index >= 15 is 0 Å². The van der Waals surface area contributed by atoms with Crippen molar-refractivity contribution >= 4 is 87.4 Å². The van der Waals surface area contributed by atoms with Crippen LogP contribution in [-0.2, 0) is 0 Å². The topological polar surface area (TPSA) is 0 Å². The molecule has 0 heterocycles. The van der Waals surface area contributed by atoms with Crippen LogP contribution < -0.4 is 0 Å². The average molecular weight is 340 g/mol. The minimum atomic E-state index is 0. The second kappa shape index (κ2) is 36.0. The average Bonchev–Trinajstić information content (AvgIpc) is 0. The van der Waals surface area contributed by atoms with E-state index in [-0.39, 0.29) is 140 Å². The maximum absolute atomic E-state index is 0. The number of rotatable bonds is 0. The first-order valence-electron chi connectivity index (χ1n) is 0. The molecule has 0 saturated carbocycles. The summed E-state index contributed by atoms with van der Waals surface area (Å²) < 4.78 is 0. The molecule has 0 nitrogen and oxygen atoms in total. The van der Waals surface area contributed by atoms with Crippen LogP contribution in [-0.4, -0.2) is 37.7 Å². The Morgan fingerprint density at radius 1 is 0.667 bits per heavy atom. The summed E-state index contributed by atoms with van der Waals surface area (Å²) in [6.45, 7) is 0. The van der Waals surface area contributed by atoms with Gasteiger partial charge in [0.15, 0.2) is 0 Å². The molecule has 6 heteroatoms. The van der Waals surface area contributed by atoms with Gasteiger partial charge < -0.3 is 2.85 Å². The molecule has 0 unspecified atom stereocenters. The first kappa shape index (κ1) is 50.6. The van der Waals surface area contributed by atoms with Gasteiger partial charge in [-0.2, -0.15) is 0 Å². The third-order valence-electron chi connectivity index (χ3n) is 0. The molecular weight excluding hydrogens is 334 g/mol. The second-order valence-corrected chi connectivity index (χ2v) is 0. The Labute approximate surface area is 136 Å². The zero-order valence-corrected chi connectivity index (χ0v) is 10.6. The van der Waals surface area contributed by atoms with E-state index in [9.17, 15) is 0 Å². The molecule has 0 bridgehead atoms. The zero-order valence-electron chi connectivity index (χ0n) is 4.72. The zero-order chi connectivity index (χ0) is 0. The largest absolute Gasteiger partial charge is 2.00 e. The fourth-order valence-corrected chi connectivity index (χ4v) is 0. The number of halogens is 4. The summed E-state index contributed by atoms with van der Waals surface area (Å²) in [4.78, 5) is 0. The summed E-state index contributed by atoms with van der Waals surface area (Å²) in [5, 5.41) is 0. The van der Waals surface area contributed by atoms with E-state index in [2.05, 4.69) is 0 Å². The van der Waals surface area contributed by atoms with Crippen LogP contribution in [0.4, 0.5) is 0 Å². The van der Waals surface area contributed by atoms with Crippen molar-refractivity contribution in [2.45, 2.75) is 0 Å². The van der Waals surface area contributed by atoms with Gasteiger partial charge in [-0.15, -0.1) is 49.6 Å². The van der Waals surface area contributed by atoms with Gasteiger partial charge >= 0.3 is 37.7 Å². The quantitative estimate of drug-likeness (QED) is 0.587. The van der Waals surface area contributed by atoms with E-state index in [1.54, 1.807) is 0 Å². The molecule has 0 aliphatic rings. The standard InChI is InChI=1S/Ca.4ClH.Eu.2H/h;4*1H;;;/q+2;;;;;;2*-1. The van der Waals surface area contributed by atoms with Crippen LogP contribution in [0.5, 0.6) is 0 Å². The second-order valence-electron chi connectivity index (χ2n) is 0. The van der Waals surface area contributed by atoms with E-state index in [1.165, 1.54) is 0 Å². The van der Waals surface area contributed by atoms with E-state index < -0.39 is 0 Å². The van der Waals surface area contributed by atoms with E-state index in [0.29, 0.717) is 0 Å². The predicted molar refractivity (Wildman–Crippen MR) is 37.0 cm³/mol. The van der Waals surface area contributed by atoms with Gasteiger partial charge in [0.25, 0.3) is 0 Å². The molecule has 0 amide bonds. The fraction of sp³-hybridized carbons (Fsp3) is 0. The van der Waals surface area contributed by atoms with Crippen molar-refractivity contribution < 1.29 is 52.2 Å². The van der Waals surface area contributed by atoms with E-state index in [1.807, 2.05) is 0 Å². The van der Waals surface area contributed by atoms with Crippen LogP contribution in [0.1, 0.15) is 2.85 Å². The van der Waals surface area contributed by atoms with Gasteiger partial charge in [-0.25, -0.2) is 0 Å². The summed E-state index contributed by atoms with van der Waals surface area (Å²) in [5.41, 5.74) is 0. The molecule has 0 atom stereocenters. The van der Waals surface area contributed by atoms with Gasteiger partial charge in [0.05, 0.1) is 0 Å².